The van der Waals surface area contributed by atoms with E-state index in [4.69, 9.17) is 10.2 Å². The summed E-state index contributed by atoms with van der Waals surface area (Å²) in [6.45, 7) is 0. The van der Waals surface area contributed by atoms with E-state index in [2.05, 4.69) is 11.8 Å². The second kappa shape index (κ2) is 5.37. The molecule has 80 valence electrons. The third-order valence-electron chi connectivity index (χ3n) is 1.67. The molecule has 0 spiro atoms. The summed E-state index contributed by atoms with van der Waals surface area (Å²) in [5.74, 6) is 2.01. The van der Waals surface area contributed by atoms with Gasteiger partial charge in [-0.25, -0.2) is 9.59 Å². The molecule has 2 N–H and O–H groups in total. The van der Waals surface area contributed by atoms with E-state index in [1.54, 1.807) is 24.3 Å². The smallest absolute Gasteiger partial charge is 0.343 e. The summed E-state index contributed by atoms with van der Waals surface area (Å²) in [5, 5.41) is 17.0. The monoisotopic (exact) mass is 216 g/mol. The molecule has 0 amide bonds. The highest BCUT2D eigenvalue weighted by Gasteiger charge is 2.14. The molecule has 1 aromatic carbocycles. The topological polar surface area (TPSA) is 74.6 Å². The van der Waals surface area contributed by atoms with Gasteiger partial charge in [0, 0.05) is 11.6 Å². The van der Waals surface area contributed by atoms with Gasteiger partial charge in [0.1, 0.15) is 0 Å². The molecule has 0 atom stereocenters. The van der Waals surface area contributed by atoms with Crippen LogP contribution in [0.2, 0.25) is 0 Å². The Morgan fingerprint density at radius 2 is 1.62 bits per heavy atom. The first kappa shape index (κ1) is 11.5. The lowest BCUT2D eigenvalue weighted by molar-refractivity contribution is -0.140. The van der Waals surface area contributed by atoms with Gasteiger partial charge in [-0.05, 0) is 12.1 Å². The van der Waals surface area contributed by atoms with Gasteiger partial charge < -0.3 is 10.2 Å². The zero-order valence-electron chi connectivity index (χ0n) is 8.18. The Bertz CT molecular complexity index is 473. The molecule has 0 saturated carbocycles. The predicted molar refractivity (Wildman–Crippen MR) is 56.7 cm³/mol. The number of carboxylic acids is 2. The molecule has 4 nitrogen and oxygen atoms in total. The first-order valence-corrected chi connectivity index (χ1v) is 4.34. The number of carbonyl (C=O) groups is 2. The minimum Gasteiger partial charge on any atom is -0.477 e. The number of hydrogen-bond acceptors (Lipinski definition) is 2. The van der Waals surface area contributed by atoms with Gasteiger partial charge in [-0.15, -0.1) is 0 Å². The molecule has 1 rings (SSSR count). The molecule has 0 bridgehead atoms. The van der Waals surface area contributed by atoms with Crippen molar-refractivity contribution < 1.29 is 19.8 Å². The molecule has 0 heterocycles. The van der Waals surface area contributed by atoms with Crippen molar-refractivity contribution in [2.45, 2.75) is 0 Å². The van der Waals surface area contributed by atoms with Crippen molar-refractivity contribution in [1.82, 2.24) is 0 Å². The van der Waals surface area contributed by atoms with Crippen LogP contribution >= 0.6 is 0 Å². The number of hydrogen-bond donors (Lipinski definition) is 2. The molecule has 16 heavy (non-hydrogen) atoms. The van der Waals surface area contributed by atoms with Crippen LogP contribution in [0.25, 0.3) is 0 Å². The quantitative estimate of drug-likeness (QED) is 0.336. The molecule has 0 radical (unpaired) electrons. The summed E-state index contributed by atoms with van der Waals surface area (Å²) >= 11 is 0. The third-order valence-corrected chi connectivity index (χ3v) is 1.67. The number of allylic oxidation sites excluding steroid dienone is 1. The van der Waals surface area contributed by atoms with Crippen molar-refractivity contribution in [2.24, 2.45) is 0 Å². The number of aliphatic carboxylic acids is 2. The van der Waals surface area contributed by atoms with Crippen LogP contribution in [0.5, 0.6) is 0 Å². The lowest BCUT2D eigenvalue weighted by Crippen LogP contribution is -2.10. The van der Waals surface area contributed by atoms with Crippen LogP contribution in [-0.4, -0.2) is 22.2 Å². The molecule has 0 aliphatic rings. The second-order valence-corrected chi connectivity index (χ2v) is 2.80. The first-order chi connectivity index (χ1) is 7.61. The number of carboxylic acid groups (broad SMARTS) is 2. The van der Waals surface area contributed by atoms with Gasteiger partial charge >= 0.3 is 11.9 Å². The molecule has 0 unspecified atom stereocenters. The maximum absolute atomic E-state index is 10.5. The van der Waals surface area contributed by atoms with E-state index in [9.17, 15) is 9.59 Å². The number of rotatable bonds is 2. The van der Waals surface area contributed by atoms with Crippen molar-refractivity contribution in [3.8, 4) is 11.8 Å². The highest BCUT2D eigenvalue weighted by atomic mass is 16.4. The summed E-state index contributed by atoms with van der Waals surface area (Å²) in [7, 11) is 0. The molecule has 1 aromatic rings. The van der Waals surface area contributed by atoms with E-state index < -0.39 is 17.5 Å². The molecule has 4 heteroatoms. The Labute approximate surface area is 91.8 Å². The van der Waals surface area contributed by atoms with Crippen molar-refractivity contribution in [3.05, 3.63) is 47.5 Å². The molecule has 0 saturated heterocycles. The van der Waals surface area contributed by atoms with Crippen LogP contribution in [0.3, 0.4) is 0 Å². The van der Waals surface area contributed by atoms with Gasteiger partial charge in [-0.3, -0.25) is 0 Å². The van der Waals surface area contributed by atoms with Crippen LogP contribution in [0.4, 0.5) is 0 Å². The van der Waals surface area contributed by atoms with E-state index in [1.165, 1.54) is 0 Å². The van der Waals surface area contributed by atoms with Crippen molar-refractivity contribution in [2.75, 3.05) is 0 Å². The summed E-state index contributed by atoms with van der Waals surface area (Å²) in [6, 6.07) is 8.86. The SMILES string of the molecule is O=C(O)C(=CC#Cc1ccccc1)C(=O)O. The van der Waals surface area contributed by atoms with Gasteiger partial charge in [-0.1, -0.05) is 30.0 Å². The predicted octanol–water partition coefficient (Wildman–Crippen LogP) is 1.13. The fourth-order valence-corrected chi connectivity index (χ4v) is 0.928. The standard InChI is InChI=1S/C12H8O4/c13-11(14)10(12(15)16)8-4-7-9-5-2-1-3-6-9/h1-3,5-6,8H,(H,13,14)(H,15,16). The van der Waals surface area contributed by atoms with E-state index in [0.29, 0.717) is 5.56 Å². The molecule has 0 aliphatic carbocycles. The fraction of sp³-hybridized carbons (Fsp3) is 0. The van der Waals surface area contributed by atoms with Crippen molar-refractivity contribution in [1.29, 1.82) is 0 Å². The normalized spacial score (nSPS) is 8.50. The molecule has 0 fully saturated rings. The van der Waals surface area contributed by atoms with Crippen molar-refractivity contribution in [3.63, 3.8) is 0 Å². The molecule has 0 aromatic heterocycles. The zero-order chi connectivity index (χ0) is 12.0. The van der Waals surface area contributed by atoms with Crippen LogP contribution in [-0.2, 0) is 9.59 Å². The average Bonchev–Trinajstić information content (AvgIpc) is 2.24. The van der Waals surface area contributed by atoms with Gasteiger partial charge in [0.25, 0.3) is 0 Å². The van der Waals surface area contributed by atoms with Crippen LogP contribution < -0.4 is 0 Å². The Hall–Kier alpha value is -2.54. The fourth-order valence-electron chi connectivity index (χ4n) is 0.928. The molecule has 0 aliphatic heterocycles. The lowest BCUT2D eigenvalue weighted by atomic mass is 10.2. The van der Waals surface area contributed by atoms with Crippen molar-refractivity contribution >= 4 is 11.9 Å². The first-order valence-electron chi connectivity index (χ1n) is 4.34. The molecular formula is C12H8O4. The van der Waals surface area contributed by atoms with Gasteiger partial charge in [0.2, 0.25) is 0 Å². The van der Waals surface area contributed by atoms with E-state index in [-0.39, 0.29) is 0 Å². The van der Waals surface area contributed by atoms with E-state index in [0.717, 1.165) is 6.08 Å². The van der Waals surface area contributed by atoms with Crippen LogP contribution in [0, 0.1) is 11.8 Å². The Morgan fingerprint density at radius 1 is 1.06 bits per heavy atom. The van der Waals surface area contributed by atoms with Crippen LogP contribution in [0.15, 0.2) is 42.0 Å². The third kappa shape index (κ3) is 3.31. The van der Waals surface area contributed by atoms with Gasteiger partial charge in [0.05, 0.1) is 0 Å². The van der Waals surface area contributed by atoms with E-state index >= 15 is 0 Å². The Balaban J connectivity index is 2.91. The minimum atomic E-state index is -1.50. The number of benzene rings is 1. The van der Waals surface area contributed by atoms with Gasteiger partial charge in [0.15, 0.2) is 5.57 Å². The highest BCUT2D eigenvalue weighted by Crippen LogP contribution is 1.96. The largest absolute Gasteiger partial charge is 0.477 e. The minimum absolute atomic E-state index is 0.689. The highest BCUT2D eigenvalue weighted by molar-refractivity contribution is 6.12. The maximum atomic E-state index is 10.5. The summed E-state index contributed by atoms with van der Waals surface area (Å²) in [4.78, 5) is 20.9. The molecular weight excluding hydrogens is 208 g/mol. The Morgan fingerprint density at radius 3 is 2.12 bits per heavy atom. The average molecular weight is 216 g/mol. The summed E-state index contributed by atoms with van der Waals surface area (Å²) in [5.41, 5.74) is -0.0580. The zero-order valence-corrected chi connectivity index (χ0v) is 8.18. The van der Waals surface area contributed by atoms with Gasteiger partial charge in [-0.2, -0.15) is 0 Å². The lowest BCUT2D eigenvalue weighted by Gasteiger charge is -1.90. The van der Waals surface area contributed by atoms with E-state index in [1.807, 2.05) is 6.07 Å². The Kier molecular flexibility index (Phi) is 3.87. The second-order valence-electron chi connectivity index (χ2n) is 2.80. The van der Waals surface area contributed by atoms with Crippen LogP contribution in [0.1, 0.15) is 5.56 Å². The maximum Gasteiger partial charge on any atom is 0.343 e. The summed E-state index contributed by atoms with van der Waals surface area (Å²) < 4.78 is 0. The summed E-state index contributed by atoms with van der Waals surface area (Å²) in [6.07, 6.45) is 0.873.